The lowest BCUT2D eigenvalue weighted by Gasteiger charge is -2.31. The van der Waals surface area contributed by atoms with Crippen molar-refractivity contribution in [3.05, 3.63) is 12.3 Å². The van der Waals surface area contributed by atoms with Crippen LogP contribution in [0.15, 0.2) is 10.8 Å². The molecule has 1 fully saturated rings. The van der Waals surface area contributed by atoms with Crippen molar-refractivity contribution < 1.29 is 13.9 Å². The number of aromatic nitrogens is 2. The molecule has 1 atom stereocenters. The van der Waals surface area contributed by atoms with Gasteiger partial charge in [-0.3, -0.25) is 4.90 Å². The largest absolute Gasteiger partial charge is 0.453 e. The van der Waals surface area contributed by atoms with E-state index in [9.17, 15) is 4.79 Å². The molecule has 0 N–H and O–H groups in total. The summed E-state index contributed by atoms with van der Waals surface area (Å²) in [6.07, 6.45) is 3.83. The fourth-order valence-corrected chi connectivity index (χ4v) is 1.85. The molecule has 15 heavy (non-hydrogen) atoms. The van der Waals surface area contributed by atoms with Crippen LogP contribution in [-0.4, -0.2) is 34.8 Å². The normalized spacial score (nSPS) is 21.4. The van der Waals surface area contributed by atoms with Crippen molar-refractivity contribution in [2.24, 2.45) is 0 Å². The summed E-state index contributed by atoms with van der Waals surface area (Å²) in [7, 11) is 1.38. The average molecular weight is 211 g/mol. The molecule has 1 aliphatic rings. The van der Waals surface area contributed by atoms with Crippen LogP contribution in [0.3, 0.4) is 0 Å². The first-order chi connectivity index (χ1) is 7.33. The maximum atomic E-state index is 11.5. The molecule has 1 amide bonds. The van der Waals surface area contributed by atoms with Gasteiger partial charge in [0, 0.05) is 6.54 Å². The van der Waals surface area contributed by atoms with E-state index in [1.807, 2.05) is 0 Å². The van der Waals surface area contributed by atoms with E-state index >= 15 is 0 Å². The number of hydrogen-bond acceptors (Lipinski definition) is 5. The highest BCUT2D eigenvalue weighted by atomic mass is 16.5. The van der Waals surface area contributed by atoms with Crippen LogP contribution in [-0.2, 0) is 4.74 Å². The first-order valence-electron chi connectivity index (χ1n) is 4.93. The molecule has 0 spiro atoms. The number of ether oxygens (including phenoxy) is 1. The highest BCUT2D eigenvalue weighted by Crippen LogP contribution is 2.29. The van der Waals surface area contributed by atoms with Gasteiger partial charge in [0.05, 0.1) is 7.11 Å². The fourth-order valence-electron chi connectivity index (χ4n) is 1.85. The third kappa shape index (κ3) is 1.93. The van der Waals surface area contributed by atoms with Gasteiger partial charge in [-0.25, -0.2) is 4.79 Å². The van der Waals surface area contributed by atoms with E-state index in [4.69, 9.17) is 9.15 Å². The van der Waals surface area contributed by atoms with E-state index in [0.29, 0.717) is 12.4 Å². The monoisotopic (exact) mass is 211 g/mol. The van der Waals surface area contributed by atoms with Gasteiger partial charge in [0.1, 0.15) is 6.04 Å². The minimum atomic E-state index is -0.335. The van der Waals surface area contributed by atoms with E-state index < -0.39 is 0 Å². The van der Waals surface area contributed by atoms with E-state index in [0.717, 1.165) is 19.3 Å². The SMILES string of the molecule is COC(=O)N1CCCCC1c1nnco1. The summed E-state index contributed by atoms with van der Waals surface area (Å²) >= 11 is 0. The molecule has 2 heterocycles. The summed E-state index contributed by atoms with van der Waals surface area (Å²) in [4.78, 5) is 13.1. The fraction of sp³-hybridized carbons (Fsp3) is 0.667. The number of amides is 1. The smallest absolute Gasteiger partial charge is 0.410 e. The molecule has 1 aliphatic heterocycles. The first kappa shape index (κ1) is 9.95. The third-order valence-electron chi connectivity index (χ3n) is 2.57. The number of rotatable bonds is 1. The molecule has 1 aromatic rings. The van der Waals surface area contributed by atoms with Crippen LogP contribution in [0.5, 0.6) is 0 Å². The Bertz CT molecular complexity index is 325. The lowest BCUT2D eigenvalue weighted by molar-refractivity contribution is 0.0807. The molecule has 0 radical (unpaired) electrons. The topological polar surface area (TPSA) is 68.5 Å². The molecule has 82 valence electrons. The molecule has 0 bridgehead atoms. The quantitative estimate of drug-likeness (QED) is 0.701. The Kier molecular flexibility index (Phi) is 2.84. The second-order valence-corrected chi connectivity index (χ2v) is 3.45. The highest BCUT2D eigenvalue weighted by molar-refractivity contribution is 5.68. The maximum absolute atomic E-state index is 11.5. The van der Waals surface area contributed by atoms with Gasteiger partial charge in [-0.1, -0.05) is 0 Å². The number of nitrogens with zero attached hydrogens (tertiary/aromatic N) is 3. The minimum absolute atomic E-state index is 0.131. The minimum Gasteiger partial charge on any atom is -0.453 e. The zero-order chi connectivity index (χ0) is 10.7. The molecule has 1 aromatic heterocycles. The number of carbonyl (C=O) groups is 1. The lowest BCUT2D eigenvalue weighted by atomic mass is 10.0. The number of hydrogen-bond donors (Lipinski definition) is 0. The van der Waals surface area contributed by atoms with Crippen molar-refractivity contribution in [1.82, 2.24) is 15.1 Å². The predicted octanol–water partition coefficient (Wildman–Crippen LogP) is 1.36. The summed E-state index contributed by atoms with van der Waals surface area (Å²) in [6, 6.07) is -0.131. The van der Waals surface area contributed by atoms with Gasteiger partial charge in [-0.15, -0.1) is 10.2 Å². The van der Waals surface area contributed by atoms with E-state index in [1.54, 1.807) is 4.90 Å². The van der Waals surface area contributed by atoms with Crippen LogP contribution < -0.4 is 0 Å². The molecule has 0 saturated carbocycles. The molecule has 6 nitrogen and oxygen atoms in total. The molecule has 1 unspecified atom stereocenters. The number of carbonyl (C=O) groups excluding carboxylic acids is 1. The molecular weight excluding hydrogens is 198 g/mol. The lowest BCUT2D eigenvalue weighted by Crippen LogP contribution is -2.38. The van der Waals surface area contributed by atoms with E-state index in [1.165, 1.54) is 13.5 Å². The van der Waals surface area contributed by atoms with Crippen LogP contribution >= 0.6 is 0 Å². The summed E-state index contributed by atoms with van der Waals surface area (Å²) in [5.41, 5.74) is 0. The molecule has 6 heteroatoms. The second kappa shape index (κ2) is 4.29. The zero-order valence-electron chi connectivity index (χ0n) is 8.55. The molecule has 2 rings (SSSR count). The first-order valence-corrected chi connectivity index (χ1v) is 4.93. The number of likely N-dealkylation sites (tertiary alicyclic amines) is 1. The van der Waals surface area contributed by atoms with Crippen LogP contribution in [0, 0.1) is 0 Å². The van der Waals surface area contributed by atoms with Crippen molar-refractivity contribution in [2.75, 3.05) is 13.7 Å². The van der Waals surface area contributed by atoms with Crippen LogP contribution in [0.2, 0.25) is 0 Å². The molecule has 0 aliphatic carbocycles. The van der Waals surface area contributed by atoms with Crippen LogP contribution in [0.25, 0.3) is 0 Å². The van der Waals surface area contributed by atoms with Crippen molar-refractivity contribution in [3.63, 3.8) is 0 Å². The Morgan fingerprint density at radius 1 is 1.67 bits per heavy atom. The van der Waals surface area contributed by atoms with Gasteiger partial charge in [0.25, 0.3) is 0 Å². The zero-order valence-corrected chi connectivity index (χ0v) is 8.55. The van der Waals surface area contributed by atoms with E-state index in [-0.39, 0.29) is 12.1 Å². The Balaban J connectivity index is 2.16. The van der Waals surface area contributed by atoms with Gasteiger partial charge in [0.2, 0.25) is 12.3 Å². The van der Waals surface area contributed by atoms with Crippen molar-refractivity contribution in [3.8, 4) is 0 Å². The highest BCUT2D eigenvalue weighted by Gasteiger charge is 2.31. The third-order valence-corrected chi connectivity index (χ3v) is 2.57. The summed E-state index contributed by atoms with van der Waals surface area (Å²) in [5, 5.41) is 7.46. The van der Waals surface area contributed by atoms with Gasteiger partial charge in [0.15, 0.2) is 0 Å². The van der Waals surface area contributed by atoms with Crippen molar-refractivity contribution in [2.45, 2.75) is 25.3 Å². The number of piperidine rings is 1. The summed E-state index contributed by atoms with van der Waals surface area (Å²) in [6.45, 7) is 0.680. The maximum Gasteiger partial charge on any atom is 0.410 e. The van der Waals surface area contributed by atoms with Gasteiger partial charge >= 0.3 is 6.09 Å². The van der Waals surface area contributed by atoms with E-state index in [2.05, 4.69) is 10.2 Å². The predicted molar refractivity (Wildman–Crippen MR) is 50.0 cm³/mol. The molecular formula is C9H13N3O3. The Morgan fingerprint density at radius 3 is 3.20 bits per heavy atom. The van der Waals surface area contributed by atoms with Gasteiger partial charge in [-0.05, 0) is 19.3 Å². The van der Waals surface area contributed by atoms with Crippen LogP contribution in [0.1, 0.15) is 31.2 Å². The Labute approximate surface area is 87.2 Å². The number of methoxy groups -OCH3 is 1. The van der Waals surface area contributed by atoms with Crippen molar-refractivity contribution >= 4 is 6.09 Å². The second-order valence-electron chi connectivity index (χ2n) is 3.45. The summed E-state index contributed by atoms with van der Waals surface area (Å²) < 4.78 is 9.84. The van der Waals surface area contributed by atoms with Crippen LogP contribution in [0.4, 0.5) is 4.79 Å². The molecule has 1 saturated heterocycles. The van der Waals surface area contributed by atoms with Gasteiger partial charge in [-0.2, -0.15) is 0 Å². The summed E-state index contributed by atoms with van der Waals surface area (Å²) in [5.74, 6) is 0.486. The average Bonchev–Trinajstić information content (AvgIpc) is 2.81. The molecule has 0 aromatic carbocycles. The van der Waals surface area contributed by atoms with Crippen molar-refractivity contribution in [1.29, 1.82) is 0 Å². The Morgan fingerprint density at radius 2 is 2.53 bits per heavy atom. The van der Waals surface area contributed by atoms with Gasteiger partial charge < -0.3 is 9.15 Å². The standard InChI is InChI=1S/C9H13N3O3/c1-14-9(13)12-5-3-2-4-7(12)8-11-10-6-15-8/h6-7H,2-5H2,1H3. The Hall–Kier alpha value is -1.59.